The number of carbonyl (C=O) groups excluding carboxylic acids is 5. The summed E-state index contributed by atoms with van der Waals surface area (Å²) in [6.07, 6.45) is 5.01. The Morgan fingerprint density at radius 3 is 2.54 bits per heavy atom. The summed E-state index contributed by atoms with van der Waals surface area (Å²) in [6.45, 7) is 5.20. The lowest BCUT2D eigenvalue weighted by molar-refractivity contribution is -0.142. The molecule has 2 aromatic carbocycles. The fourth-order valence-corrected chi connectivity index (χ4v) is 7.03. The first-order valence-corrected chi connectivity index (χ1v) is 17.9. The van der Waals surface area contributed by atoms with Gasteiger partial charge in [-0.1, -0.05) is 55.3 Å². The topological polar surface area (TPSA) is 156 Å². The molecular formula is C38H46FN5O8. The number of hydrogen-bond donors (Lipinski definition) is 3. The van der Waals surface area contributed by atoms with Crippen molar-refractivity contribution in [3.8, 4) is 5.75 Å². The molecule has 5 atom stereocenters. The Labute approximate surface area is 302 Å². The van der Waals surface area contributed by atoms with Crippen LogP contribution in [-0.2, 0) is 36.9 Å². The molecule has 4 aliphatic rings. The highest BCUT2D eigenvalue weighted by molar-refractivity contribution is 5.98. The highest BCUT2D eigenvalue weighted by atomic mass is 19.1. The Bertz CT molecular complexity index is 1710. The third-order valence-electron chi connectivity index (χ3n) is 9.79. The van der Waals surface area contributed by atoms with E-state index in [-0.39, 0.29) is 32.0 Å². The number of halogens is 1. The molecule has 0 aromatic heterocycles. The van der Waals surface area contributed by atoms with Crippen LogP contribution in [0.25, 0.3) is 0 Å². The first kappa shape index (κ1) is 36.6. The lowest BCUT2D eigenvalue weighted by atomic mass is 10.0. The highest BCUT2D eigenvalue weighted by Gasteiger charge is 2.61. The van der Waals surface area contributed by atoms with Crippen LogP contribution in [0.5, 0.6) is 5.75 Å². The molecule has 1 aliphatic carbocycles. The zero-order valence-electron chi connectivity index (χ0n) is 29.7. The van der Waals surface area contributed by atoms with Gasteiger partial charge in [0.1, 0.15) is 35.1 Å². The van der Waals surface area contributed by atoms with Crippen LogP contribution in [-0.4, -0.2) is 75.6 Å². The van der Waals surface area contributed by atoms with Crippen molar-refractivity contribution in [2.24, 2.45) is 5.92 Å². The van der Waals surface area contributed by atoms with Crippen molar-refractivity contribution in [2.45, 2.75) is 108 Å². The number of ether oxygens (including phenoxy) is 2. The molecule has 0 bridgehead atoms. The molecule has 278 valence electrons. The SMILES string of the molecule is CC(C)(C)OC(=O)N[C@H]1CCCCCC=C[C@H]2C[C@]2(C(=O)NOc2ccccc2)NC(=O)[C@@H]2C[C@@H](OC(=O)N3Cc4cccc(F)c4C3)CN2C1=O. The van der Waals surface area contributed by atoms with Crippen LogP contribution >= 0.6 is 0 Å². The molecule has 0 spiro atoms. The Morgan fingerprint density at radius 1 is 1.00 bits per heavy atom. The summed E-state index contributed by atoms with van der Waals surface area (Å²) in [6, 6.07) is 11.2. The number of nitrogens with one attached hydrogen (secondary N) is 3. The number of nitrogens with zero attached hydrogens (tertiary/aromatic N) is 2. The van der Waals surface area contributed by atoms with Crippen molar-refractivity contribution in [1.82, 2.24) is 25.9 Å². The van der Waals surface area contributed by atoms with E-state index in [0.29, 0.717) is 36.1 Å². The van der Waals surface area contributed by atoms with E-state index in [1.54, 1.807) is 57.2 Å². The predicted molar refractivity (Wildman–Crippen MR) is 186 cm³/mol. The van der Waals surface area contributed by atoms with Gasteiger partial charge in [-0.15, -0.1) is 0 Å². The molecule has 3 N–H and O–H groups in total. The van der Waals surface area contributed by atoms with Gasteiger partial charge in [0, 0.05) is 24.4 Å². The predicted octanol–water partition coefficient (Wildman–Crippen LogP) is 4.65. The fraction of sp³-hybridized carbons (Fsp3) is 0.500. The molecule has 0 radical (unpaired) electrons. The normalized spacial score (nSPS) is 26.1. The Balaban J connectivity index is 1.23. The van der Waals surface area contributed by atoms with E-state index in [1.165, 1.54) is 15.9 Å². The van der Waals surface area contributed by atoms with Crippen molar-refractivity contribution in [1.29, 1.82) is 0 Å². The summed E-state index contributed by atoms with van der Waals surface area (Å²) in [5.74, 6) is -2.02. The second-order valence-corrected chi connectivity index (χ2v) is 14.9. The number of alkyl carbamates (subject to hydrolysis) is 1. The minimum Gasteiger partial charge on any atom is -0.444 e. The zero-order chi connectivity index (χ0) is 37.0. The van der Waals surface area contributed by atoms with E-state index in [4.69, 9.17) is 14.3 Å². The van der Waals surface area contributed by atoms with Crippen molar-refractivity contribution in [2.75, 3.05) is 6.54 Å². The summed E-state index contributed by atoms with van der Waals surface area (Å²) >= 11 is 0. The smallest absolute Gasteiger partial charge is 0.410 e. The van der Waals surface area contributed by atoms with Crippen molar-refractivity contribution in [3.05, 3.63) is 77.6 Å². The minimum atomic E-state index is -1.34. The lowest BCUT2D eigenvalue weighted by Gasteiger charge is -2.30. The summed E-state index contributed by atoms with van der Waals surface area (Å²) in [7, 11) is 0. The van der Waals surface area contributed by atoms with Gasteiger partial charge in [-0.3, -0.25) is 19.3 Å². The van der Waals surface area contributed by atoms with Crippen LogP contribution < -0.4 is 21.0 Å². The summed E-state index contributed by atoms with van der Waals surface area (Å²) in [5.41, 5.74) is 1.41. The van der Waals surface area contributed by atoms with Gasteiger partial charge in [-0.05, 0) is 70.2 Å². The molecular weight excluding hydrogens is 673 g/mol. The van der Waals surface area contributed by atoms with E-state index in [9.17, 15) is 28.4 Å². The van der Waals surface area contributed by atoms with Gasteiger partial charge in [0.2, 0.25) is 11.8 Å². The molecule has 6 rings (SSSR count). The quantitative estimate of drug-likeness (QED) is 0.298. The second kappa shape index (κ2) is 15.2. The third kappa shape index (κ3) is 8.48. The maximum atomic E-state index is 14.4. The fourth-order valence-electron chi connectivity index (χ4n) is 7.03. The van der Waals surface area contributed by atoms with E-state index in [1.807, 2.05) is 18.2 Å². The van der Waals surface area contributed by atoms with E-state index < -0.39 is 65.1 Å². The number of carbonyl (C=O) groups is 5. The Hall–Kier alpha value is -5.14. The maximum absolute atomic E-state index is 14.4. The van der Waals surface area contributed by atoms with Crippen LogP contribution in [0.3, 0.4) is 0 Å². The first-order chi connectivity index (χ1) is 24.8. The van der Waals surface area contributed by atoms with Crippen molar-refractivity contribution < 1.29 is 42.7 Å². The van der Waals surface area contributed by atoms with Crippen LogP contribution in [0.1, 0.15) is 76.8 Å². The molecule has 1 saturated carbocycles. The van der Waals surface area contributed by atoms with Gasteiger partial charge < -0.3 is 29.8 Å². The standard InChI is InChI=1S/C38H46FN5O8/c1-37(2,3)51-35(48)40-30-18-11-6-4-5-8-14-25-20-38(25,34(47)42-52-26-15-9-7-10-16-26)41-32(45)31-19-27(22-44(31)33(30)46)50-36(49)43-21-24-13-12-17-29(39)28(24)23-43/h7-10,12-17,25,27,30-31H,4-6,11,18-23H2,1-3H3,(H,40,48)(H,41,45)(H,42,47)/t25-,27+,30-,31-,38-/m0/s1. The van der Waals surface area contributed by atoms with Crippen molar-refractivity contribution >= 4 is 29.9 Å². The summed E-state index contributed by atoms with van der Waals surface area (Å²) in [5, 5.41) is 5.62. The molecule has 13 nitrogen and oxygen atoms in total. The van der Waals surface area contributed by atoms with Crippen LogP contribution in [0.15, 0.2) is 60.7 Å². The van der Waals surface area contributed by atoms with Crippen LogP contribution in [0.2, 0.25) is 0 Å². The zero-order valence-corrected chi connectivity index (χ0v) is 29.7. The van der Waals surface area contributed by atoms with Crippen molar-refractivity contribution in [3.63, 3.8) is 0 Å². The molecule has 0 unspecified atom stereocenters. The number of allylic oxidation sites excluding steroid dienone is 1. The Morgan fingerprint density at radius 2 is 1.79 bits per heavy atom. The summed E-state index contributed by atoms with van der Waals surface area (Å²) in [4.78, 5) is 76.7. The van der Waals surface area contributed by atoms with E-state index >= 15 is 0 Å². The number of fused-ring (bicyclic) bond motifs is 3. The van der Waals surface area contributed by atoms with Gasteiger partial charge >= 0.3 is 12.2 Å². The number of hydrogen-bond acceptors (Lipinski definition) is 8. The summed E-state index contributed by atoms with van der Waals surface area (Å²) < 4.78 is 25.7. The van der Waals surface area contributed by atoms with Gasteiger partial charge in [0.25, 0.3) is 5.91 Å². The van der Waals surface area contributed by atoms with Gasteiger partial charge in [-0.25, -0.2) is 14.0 Å². The molecule has 3 heterocycles. The first-order valence-electron chi connectivity index (χ1n) is 17.9. The monoisotopic (exact) mass is 719 g/mol. The lowest BCUT2D eigenvalue weighted by Crippen LogP contribution is -2.58. The number of amides is 5. The van der Waals surface area contributed by atoms with Crippen LogP contribution in [0, 0.1) is 11.7 Å². The number of benzene rings is 2. The number of hydroxylamine groups is 1. The average molecular weight is 720 g/mol. The second-order valence-electron chi connectivity index (χ2n) is 14.9. The number of rotatable bonds is 5. The van der Waals surface area contributed by atoms with E-state index in [0.717, 1.165) is 19.3 Å². The minimum absolute atomic E-state index is 0.0274. The Kier molecular flexibility index (Phi) is 10.7. The molecule has 2 fully saturated rings. The van der Waals surface area contributed by atoms with E-state index in [2.05, 4.69) is 16.1 Å². The third-order valence-corrected chi connectivity index (χ3v) is 9.79. The molecule has 2 aromatic rings. The number of para-hydroxylation sites is 1. The maximum Gasteiger partial charge on any atom is 0.410 e. The molecule has 1 saturated heterocycles. The molecule has 3 aliphatic heterocycles. The van der Waals surface area contributed by atoms with Crippen LogP contribution in [0.4, 0.5) is 14.0 Å². The average Bonchev–Trinajstić information content (AvgIpc) is 3.39. The molecule has 14 heteroatoms. The highest BCUT2D eigenvalue weighted by Crippen LogP contribution is 2.45. The van der Waals surface area contributed by atoms with Gasteiger partial charge in [-0.2, -0.15) is 5.48 Å². The molecule has 5 amide bonds. The largest absolute Gasteiger partial charge is 0.444 e. The van der Waals surface area contributed by atoms with Gasteiger partial charge in [0.05, 0.1) is 13.1 Å². The molecule has 52 heavy (non-hydrogen) atoms. The van der Waals surface area contributed by atoms with Gasteiger partial charge in [0.15, 0.2) is 5.75 Å².